The standard InChI is InChI=1S/C19H17FN2OS/c1-2-16(13-6-4-3-5-7-13)18(23)22-19-21-17(12-24-19)14-8-10-15(20)11-9-14/h3-12,16H,2H2,1H3,(H,21,22,23). The maximum atomic E-state index is 13.0. The first-order chi connectivity index (χ1) is 11.7. The molecule has 0 spiro atoms. The predicted molar refractivity (Wildman–Crippen MR) is 95.6 cm³/mol. The van der Waals surface area contributed by atoms with Gasteiger partial charge in [0.2, 0.25) is 5.91 Å². The molecule has 122 valence electrons. The average molecular weight is 340 g/mol. The molecule has 1 N–H and O–H groups in total. The third-order valence-electron chi connectivity index (χ3n) is 3.80. The number of halogens is 1. The van der Waals surface area contributed by atoms with Crippen LogP contribution in [0.4, 0.5) is 9.52 Å². The van der Waals surface area contributed by atoms with Crippen LogP contribution < -0.4 is 5.32 Å². The molecule has 0 fully saturated rings. The van der Waals surface area contributed by atoms with Gasteiger partial charge in [0.05, 0.1) is 11.6 Å². The van der Waals surface area contributed by atoms with Crippen LogP contribution in [0.3, 0.4) is 0 Å². The van der Waals surface area contributed by atoms with E-state index in [1.54, 1.807) is 12.1 Å². The fourth-order valence-corrected chi connectivity index (χ4v) is 3.26. The Morgan fingerprint density at radius 2 is 1.88 bits per heavy atom. The normalized spacial score (nSPS) is 11.9. The molecule has 1 atom stereocenters. The van der Waals surface area contributed by atoms with E-state index in [2.05, 4.69) is 10.3 Å². The number of nitrogens with zero attached hydrogens (tertiary/aromatic N) is 1. The van der Waals surface area contributed by atoms with Gasteiger partial charge >= 0.3 is 0 Å². The summed E-state index contributed by atoms with van der Waals surface area (Å²) < 4.78 is 13.0. The molecule has 1 amide bonds. The first-order valence-corrected chi connectivity index (χ1v) is 8.62. The van der Waals surface area contributed by atoms with E-state index in [0.29, 0.717) is 11.6 Å². The Morgan fingerprint density at radius 1 is 1.17 bits per heavy atom. The van der Waals surface area contributed by atoms with Crippen molar-refractivity contribution in [3.8, 4) is 11.3 Å². The summed E-state index contributed by atoms with van der Waals surface area (Å²) in [6.45, 7) is 1.99. The molecule has 0 radical (unpaired) electrons. The number of anilines is 1. The lowest BCUT2D eigenvalue weighted by Crippen LogP contribution is -2.20. The average Bonchev–Trinajstić information content (AvgIpc) is 3.05. The molecule has 5 heteroatoms. The molecule has 24 heavy (non-hydrogen) atoms. The second-order valence-electron chi connectivity index (χ2n) is 5.41. The van der Waals surface area contributed by atoms with Gasteiger partial charge in [-0.25, -0.2) is 9.37 Å². The number of hydrogen-bond donors (Lipinski definition) is 1. The fourth-order valence-electron chi connectivity index (χ4n) is 2.53. The minimum absolute atomic E-state index is 0.0660. The fraction of sp³-hybridized carbons (Fsp3) is 0.158. The number of hydrogen-bond acceptors (Lipinski definition) is 3. The Balaban J connectivity index is 1.74. The number of carbonyl (C=O) groups excluding carboxylic acids is 1. The summed E-state index contributed by atoms with van der Waals surface area (Å²) in [6, 6.07) is 15.9. The quantitative estimate of drug-likeness (QED) is 0.703. The SMILES string of the molecule is CCC(C(=O)Nc1nc(-c2ccc(F)cc2)cs1)c1ccccc1. The summed E-state index contributed by atoms with van der Waals surface area (Å²) >= 11 is 1.36. The maximum Gasteiger partial charge on any atom is 0.233 e. The van der Waals surface area contributed by atoms with Crippen LogP contribution in [0.1, 0.15) is 24.8 Å². The van der Waals surface area contributed by atoms with Crippen LogP contribution in [-0.4, -0.2) is 10.9 Å². The second kappa shape index (κ2) is 7.36. The lowest BCUT2D eigenvalue weighted by atomic mass is 9.96. The number of benzene rings is 2. The highest BCUT2D eigenvalue weighted by atomic mass is 32.1. The molecular weight excluding hydrogens is 323 g/mol. The maximum absolute atomic E-state index is 13.0. The topological polar surface area (TPSA) is 42.0 Å². The van der Waals surface area contributed by atoms with Gasteiger partial charge in [-0.15, -0.1) is 11.3 Å². The van der Waals surface area contributed by atoms with Crippen molar-refractivity contribution in [1.29, 1.82) is 0 Å². The van der Waals surface area contributed by atoms with Gasteiger partial charge in [0.1, 0.15) is 5.82 Å². The molecule has 3 aromatic rings. The zero-order chi connectivity index (χ0) is 16.9. The highest BCUT2D eigenvalue weighted by molar-refractivity contribution is 7.14. The first-order valence-electron chi connectivity index (χ1n) is 7.74. The molecular formula is C19H17FN2OS. The molecule has 0 aliphatic carbocycles. The van der Waals surface area contributed by atoms with Crippen molar-refractivity contribution < 1.29 is 9.18 Å². The molecule has 1 heterocycles. The third kappa shape index (κ3) is 3.68. The van der Waals surface area contributed by atoms with E-state index >= 15 is 0 Å². The Bertz CT molecular complexity index is 815. The minimum atomic E-state index is -0.281. The number of aromatic nitrogens is 1. The van der Waals surface area contributed by atoms with Gasteiger partial charge in [-0.05, 0) is 36.2 Å². The Hall–Kier alpha value is -2.53. The lowest BCUT2D eigenvalue weighted by Gasteiger charge is -2.14. The summed E-state index contributed by atoms with van der Waals surface area (Å²) in [5.74, 6) is -0.552. The van der Waals surface area contributed by atoms with E-state index in [1.165, 1.54) is 23.5 Å². The number of amides is 1. The molecule has 3 rings (SSSR count). The van der Waals surface area contributed by atoms with Crippen LogP contribution in [0.2, 0.25) is 0 Å². The lowest BCUT2D eigenvalue weighted by molar-refractivity contribution is -0.117. The van der Waals surface area contributed by atoms with Crippen molar-refractivity contribution in [2.45, 2.75) is 19.3 Å². The Morgan fingerprint density at radius 3 is 2.54 bits per heavy atom. The van der Waals surface area contributed by atoms with Gasteiger partial charge in [0.25, 0.3) is 0 Å². The number of nitrogens with one attached hydrogen (secondary N) is 1. The van der Waals surface area contributed by atoms with E-state index in [-0.39, 0.29) is 17.6 Å². The van der Waals surface area contributed by atoms with E-state index < -0.39 is 0 Å². The highest BCUT2D eigenvalue weighted by Crippen LogP contribution is 2.27. The molecule has 0 aliphatic rings. The van der Waals surface area contributed by atoms with Crippen molar-refractivity contribution in [3.63, 3.8) is 0 Å². The van der Waals surface area contributed by atoms with Crippen LogP contribution in [0.5, 0.6) is 0 Å². The van der Waals surface area contributed by atoms with Gasteiger partial charge in [0, 0.05) is 10.9 Å². The summed E-state index contributed by atoms with van der Waals surface area (Å²) in [7, 11) is 0. The molecule has 0 aliphatic heterocycles. The molecule has 3 nitrogen and oxygen atoms in total. The van der Waals surface area contributed by atoms with E-state index in [0.717, 1.165) is 16.8 Å². The molecule has 1 aromatic heterocycles. The summed E-state index contributed by atoms with van der Waals surface area (Å²) in [6.07, 6.45) is 0.714. The second-order valence-corrected chi connectivity index (χ2v) is 6.26. The van der Waals surface area contributed by atoms with Crippen molar-refractivity contribution in [1.82, 2.24) is 4.98 Å². The van der Waals surface area contributed by atoms with Crippen molar-refractivity contribution in [3.05, 3.63) is 71.4 Å². The van der Waals surface area contributed by atoms with Crippen molar-refractivity contribution in [2.75, 3.05) is 5.32 Å². The highest BCUT2D eigenvalue weighted by Gasteiger charge is 2.19. The van der Waals surface area contributed by atoms with Crippen LogP contribution in [-0.2, 0) is 4.79 Å². The zero-order valence-electron chi connectivity index (χ0n) is 13.2. The Labute approximate surface area is 144 Å². The van der Waals surface area contributed by atoms with Gasteiger partial charge in [-0.2, -0.15) is 0 Å². The van der Waals surface area contributed by atoms with Crippen LogP contribution >= 0.6 is 11.3 Å². The van der Waals surface area contributed by atoms with Gasteiger partial charge in [0.15, 0.2) is 5.13 Å². The summed E-state index contributed by atoms with van der Waals surface area (Å²) in [5.41, 5.74) is 2.54. The monoisotopic (exact) mass is 340 g/mol. The van der Waals surface area contributed by atoms with Crippen LogP contribution in [0, 0.1) is 5.82 Å². The van der Waals surface area contributed by atoms with E-state index in [4.69, 9.17) is 0 Å². The number of thiazole rings is 1. The van der Waals surface area contributed by atoms with Crippen molar-refractivity contribution >= 4 is 22.4 Å². The Kier molecular flexibility index (Phi) is 5.01. The zero-order valence-corrected chi connectivity index (χ0v) is 14.0. The predicted octanol–water partition coefficient (Wildman–Crippen LogP) is 5.08. The van der Waals surface area contributed by atoms with Crippen molar-refractivity contribution in [2.24, 2.45) is 0 Å². The molecule has 0 saturated heterocycles. The van der Waals surface area contributed by atoms with Crippen LogP contribution in [0.15, 0.2) is 60.0 Å². The first kappa shape index (κ1) is 16.3. The van der Waals surface area contributed by atoms with Crippen LogP contribution in [0.25, 0.3) is 11.3 Å². The van der Waals surface area contributed by atoms with E-state index in [9.17, 15) is 9.18 Å². The summed E-state index contributed by atoms with van der Waals surface area (Å²) in [4.78, 5) is 17.0. The smallest absolute Gasteiger partial charge is 0.233 e. The van der Waals surface area contributed by atoms with E-state index in [1.807, 2.05) is 42.6 Å². The molecule has 0 saturated carbocycles. The summed E-state index contributed by atoms with van der Waals surface area (Å²) in [5, 5.41) is 5.29. The largest absolute Gasteiger partial charge is 0.301 e. The minimum Gasteiger partial charge on any atom is -0.301 e. The number of carbonyl (C=O) groups is 1. The third-order valence-corrected chi connectivity index (χ3v) is 4.56. The number of rotatable bonds is 5. The van der Waals surface area contributed by atoms with Gasteiger partial charge in [-0.1, -0.05) is 37.3 Å². The van der Waals surface area contributed by atoms with Gasteiger partial charge < -0.3 is 5.32 Å². The van der Waals surface area contributed by atoms with Gasteiger partial charge in [-0.3, -0.25) is 4.79 Å². The molecule has 1 unspecified atom stereocenters. The molecule has 0 bridgehead atoms. The molecule has 2 aromatic carbocycles.